The monoisotopic (exact) mass is 414 g/mol. The predicted molar refractivity (Wildman–Crippen MR) is 86.3 cm³/mol. The molecule has 0 radical (unpaired) electrons. The van der Waals surface area contributed by atoms with Gasteiger partial charge in [-0.2, -0.15) is 0 Å². The molecule has 0 spiro atoms. The van der Waals surface area contributed by atoms with Crippen molar-refractivity contribution in [2.24, 2.45) is 0 Å². The van der Waals surface area contributed by atoms with Gasteiger partial charge in [-0.15, -0.1) is 0 Å². The molecule has 0 fully saturated rings. The number of ether oxygens (including phenoxy) is 1. The van der Waals surface area contributed by atoms with E-state index in [1.54, 1.807) is 5.84 Å². The zero-order valence-electron chi connectivity index (χ0n) is 13.6. The molecule has 22 heavy (non-hydrogen) atoms. The van der Waals surface area contributed by atoms with E-state index < -0.39 is 0 Å². The van der Waals surface area contributed by atoms with Crippen LogP contribution in [0.1, 0.15) is 37.7 Å². The molecule has 0 aliphatic carbocycles. The highest BCUT2D eigenvalue weighted by atomic mass is 127. The van der Waals surface area contributed by atoms with Gasteiger partial charge in [-0.3, -0.25) is 9.48 Å². The van der Waals surface area contributed by atoms with E-state index in [0.29, 0.717) is 0 Å². The fraction of sp³-hybridized carbons (Fsp3) is 0.611. The summed E-state index contributed by atoms with van der Waals surface area (Å²) in [6, 6.07) is 8.33. The van der Waals surface area contributed by atoms with E-state index in [-0.39, 0.29) is 24.0 Å². The zero-order valence-corrected chi connectivity index (χ0v) is 15.7. The topological polar surface area (TPSA) is 15.5 Å². The van der Waals surface area contributed by atoms with Crippen LogP contribution in [0.5, 0.6) is 5.75 Å². The molecule has 2 heterocycles. The third kappa shape index (κ3) is 4.61. The number of nitrogens with zero attached hydrogens (tertiary/aromatic N) is 2. The lowest BCUT2D eigenvalue weighted by Gasteiger charge is -2.26. The van der Waals surface area contributed by atoms with Crippen LogP contribution in [0.15, 0.2) is 24.3 Å². The van der Waals surface area contributed by atoms with Crippen LogP contribution in [0, 0.1) is 6.92 Å². The van der Waals surface area contributed by atoms with Gasteiger partial charge >= 0.3 is 0 Å². The maximum atomic E-state index is 5.93. The molecule has 3 nitrogen and oxygen atoms in total. The fourth-order valence-electron chi connectivity index (χ4n) is 3.45. The van der Waals surface area contributed by atoms with E-state index in [1.807, 2.05) is 6.07 Å². The molecule has 122 valence electrons. The first-order valence-corrected chi connectivity index (χ1v) is 8.38. The van der Waals surface area contributed by atoms with Crippen molar-refractivity contribution in [2.75, 3.05) is 32.8 Å². The number of hydrogen-bond acceptors (Lipinski definition) is 2. The summed E-state index contributed by atoms with van der Waals surface area (Å²) in [5.74, 6) is 2.57. The van der Waals surface area contributed by atoms with Crippen LogP contribution in [0.25, 0.3) is 0 Å². The van der Waals surface area contributed by atoms with Crippen molar-refractivity contribution in [1.82, 2.24) is 4.90 Å². The lowest BCUT2D eigenvalue weighted by atomic mass is 10.2. The summed E-state index contributed by atoms with van der Waals surface area (Å²) in [4.78, 5) is 2.56. The van der Waals surface area contributed by atoms with Crippen molar-refractivity contribution in [3.05, 3.63) is 29.8 Å². The van der Waals surface area contributed by atoms with Gasteiger partial charge in [0, 0.05) is 12.8 Å². The second-order valence-electron chi connectivity index (χ2n) is 6.22. The molecule has 0 amide bonds. The number of rotatable bonds is 4. The number of benzene rings is 1. The summed E-state index contributed by atoms with van der Waals surface area (Å²) in [5, 5.41) is 0. The summed E-state index contributed by atoms with van der Waals surface area (Å²) < 4.78 is 8.54. The summed E-state index contributed by atoms with van der Waals surface area (Å²) >= 11 is 0. The second kappa shape index (κ2) is 8.75. The maximum absolute atomic E-state index is 5.93. The van der Waals surface area contributed by atoms with Crippen molar-refractivity contribution in [2.45, 2.75) is 39.0 Å². The second-order valence-corrected chi connectivity index (χ2v) is 6.22. The van der Waals surface area contributed by atoms with E-state index in [1.165, 1.54) is 57.3 Å². The Morgan fingerprint density at radius 1 is 1.14 bits per heavy atom. The zero-order chi connectivity index (χ0) is 14.5. The van der Waals surface area contributed by atoms with Crippen molar-refractivity contribution >= 4 is 5.84 Å². The Bertz CT molecular complexity index is 516. The number of hydrogen-bond donors (Lipinski definition) is 0. The Labute approximate surface area is 151 Å². The number of halogens is 1. The Morgan fingerprint density at radius 3 is 2.86 bits per heavy atom. The maximum Gasteiger partial charge on any atom is 0.246 e. The number of aryl methyl sites for hydroxylation is 1. The molecule has 1 aromatic carbocycles. The molecule has 0 bridgehead atoms. The molecule has 0 aromatic heterocycles. The van der Waals surface area contributed by atoms with Gasteiger partial charge in [0.25, 0.3) is 0 Å². The van der Waals surface area contributed by atoms with Crippen molar-refractivity contribution in [1.29, 1.82) is 0 Å². The third-order valence-corrected chi connectivity index (χ3v) is 4.53. The van der Waals surface area contributed by atoms with Gasteiger partial charge in [0.1, 0.15) is 18.9 Å². The summed E-state index contributed by atoms with van der Waals surface area (Å²) in [5.41, 5.74) is 1.26. The molecule has 0 unspecified atom stereocenters. The standard InChI is InChI=1S/C18H27N2O.HI/c1-16-7-5-8-17(15-16)21-14-13-20-12-6-11-19-10-4-2-3-9-18(19)20;/h5,7-8,15H,2-4,6,9-14H2,1H3;1H/q+1;/p-1. The van der Waals surface area contributed by atoms with E-state index in [0.717, 1.165) is 18.9 Å². The normalized spacial score (nSPS) is 18.3. The minimum absolute atomic E-state index is 0. The first-order valence-electron chi connectivity index (χ1n) is 8.38. The number of amidine groups is 1. The highest BCUT2D eigenvalue weighted by Crippen LogP contribution is 2.16. The van der Waals surface area contributed by atoms with E-state index in [9.17, 15) is 0 Å². The summed E-state index contributed by atoms with van der Waals surface area (Å²) in [7, 11) is 0. The van der Waals surface area contributed by atoms with Crippen molar-refractivity contribution in [3.8, 4) is 5.75 Å². The molecule has 0 atom stereocenters. The summed E-state index contributed by atoms with van der Waals surface area (Å²) in [6.45, 7) is 7.61. The van der Waals surface area contributed by atoms with Crippen LogP contribution < -0.4 is 28.7 Å². The molecule has 0 saturated heterocycles. The molecule has 1 aromatic rings. The summed E-state index contributed by atoms with van der Waals surface area (Å²) in [6.07, 6.45) is 6.63. The smallest absolute Gasteiger partial charge is 0.246 e. The third-order valence-electron chi connectivity index (χ3n) is 4.53. The Hall–Kier alpha value is -0.780. The highest BCUT2D eigenvalue weighted by Gasteiger charge is 2.28. The van der Waals surface area contributed by atoms with Crippen LogP contribution in [-0.4, -0.2) is 48.1 Å². The van der Waals surface area contributed by atoms with Crippen LogP contribution in [0.3, 0.4) is 0 Å². The van der Waals surface area contributed by atoms with E-state index in [4.69, 9.17) is 4.74 Å². The molecular weight excluding hydrogens is 387 g/mol. The van der Waals surface area contributed by atoms with Gasteiger partial charge in [-0.1, -0.05) is 12.1 Å². The van der Waals surface area contributed by atoms with Crippen molar-refractivity contribution in [3.63, 3.8) is 0 Å². The first-order chi connectivity index (χ1) is 10.3. The molecule has 0 saturated carbocycles. The van der Waals surface area contributed by atoms with Crippen LogP contribution >= 0.6 is 0 Å². The minimum Gasteiger partial charge on any atom is -1.00 e. The van der Waals surface area contributed by atoms with Gasteiger partial charge in [-0.25, -0.2) is 0 Å². The van der Waals surface area contributed by atoms with Gasteiger partial charge in [0.15, 0.2) is 0 Å². The fourth-order valence-corrected chi connectivity index (χ4v) is 3.45. The van der Waals surface area contributed by atoms with Gasteiger partial charge < -0.3 is 28.7 Å². The Morgan fingerprint density at radius 2 is 2.00 bits per heavy atom. The van der Waals surface area contributed by atoms with Crippen LogP contribution in [0.2, 0.25) is 0 Å². The van der Waals surface area contributed by atoms with Crippen LogP contribution in [-0.2, 0) is 0 Å². The molecule has 2 aliphatic rings. The van der Waals surface area contributed by atoms with E-state index in [2.05, 4.69) is 34.6 Å². The highest BCUT2D eigenvalue weighted by molar-refractivity contribution is 5.78. The lowest BCUT2D eigenvalue weighted by molar-refractivity contribution is -0.539. The molecule has 0 N–H and O–H groups in total. The van der Waals surface area contributed by atoms with Gasteiger partial charge in [-0.05, 0) is 43.9 Å². The SMILES string of the molecule is Cc1cccc(OCCN2CCC[N+]3=C2CCCCC3)c1.[I-]. The Kier molecular flexibility index (Phi) is 6.99. The quantitative estimate of drug-likeness (QED) is 0.512. The largest absolute Gasteiger partial charge is 1.00 e. The van der Waals surface area contributed by atoms with E-state index >= 15 is 0 Å². The first kappa shape index (κ1) is 17.6. The van der Waals surface area contributed by atoms with Crippen molar-refractivity contribution < 1.29 is 33.3 Å². The van der Waals surface area contributed by atoms with Gasteiger partial charge in [0.05, 0.1) is 19.6 Å². The molecule has 4 heteroatoms. The average molecular weight is 414 g/mol. The molecule has 2 aliphatic heterocycles. The lowest BCUT2D eigenvalue weighted by Crippen LogP contribution is -3.00. The minimum atomic E-state index is 0. The predicted octanol–water partition coefficient (Wildman–Crippen LogP) is 0.0685. The average Bonchev–Trinajstić information content (AvgIpc) is 2.73. The van der Waals surface area contributed by atoms with Crippen LogP contribution in [0.4, 0.5) is 0 Å². The molecule has 3 rings (SSSR count). The van der Waals surface area contributed by atoms with Gasteiger partial charge in [0.2, 0.25) is 5.84 Å². The molecular formula is C18H27IN2O. The Balaban J connectivity index is 0.00000176.